The van der Waals surface area contributed by atoms with Gasteiger partial charge in [0.2, 0.25) is 5.91 Å². The number of nitrogens with zero attached hydrogens (tertiary/aromatic N) is 1. The first-order valence-electron chi connectivity index (χ1n) is 8.18. The highest BCUT2D eigenvalue weighted by Gasteiger charge is 2.33. The summed E-state index contributed by atoms with van der Waals surface area (Å²) in [7, 11) is 0. The van der Waals surface area contributed by atoms with Crippen molar-refractivity contribution in [2.24, 2.45) is 0 Å². The highest BCUT2D eigenvalue weighted by atomic mass is 35.5. The third-order valence-corrected chi connectivity index (χ3v) is 5.01. The van der Waals surface area contributed by atoms with E-state index in [2.05, 4.69) is 0 Å². The van der Waals surface area contributed by atoms with E-state index in [4.69, 9.17) is 11.6 Å². The zero-order valence-corrected chi connectivity index (χ0v) is 14.0. The van der Waals surface area contributed by atoms with E-state index in [1.165, 1.54) is 24.5 Å². The molecule has 2 nitrogen and oxygen atoms in total. The van der Waals surface area contributed by atoms with Crippen molar-refractivity contribution in [3.8, 4) is 0 Å². The molecule has 0 spiro atoms. The van der Waals surface area contributed by atoms with Crippen LogP contribution in [-0.2, 0) is 17.4 Å². The van der Waals surface area contributed by atoms with Crippen LogP contribution in [0.25, 0.3) is 0 Å². The van der Waals surface area contributed by atoms with Gasteiger partial charge >= 0.3 is 6.18 Å². The van der Waals surface area contributed by atoms with Crippen molar-refractivity contribution in [3.63, 3.8) is 0 Å². The summed E-state index contributed by atoms with van der Waals surface area (Å²) in [6.07, 6.45) is 0.355. The molecule has 1 aromatic carbocycles. The van der Waals surface area contributed by atoms with Gasteiger partial charge in [-0.1, -0.05) is 28.8 Å². The summed E-state index contributed by atoms with van der Waals surface area (Å²) in [5, 5.41) is -0.311. The highest BCUT2D eigenvalue weighted by molar-refractivity contribution is 6.31. The van der Waals surface area contributed by atoms with Crippen LogP contribution in [0, 0.1) is 0 Å². The van der Waals surface area contributed by atoms with E-state index < -0.39 is 11.7 Å². The van der Waals surface area contributed by atoms with Crippen molar-refractivity contribution in [3.05, 3.63) is 45.5 Å². The average Bonchev–Trinajstić information content (AvgIpc) is 3.38. The van der Waals surface area contributed by atoms with Gasteiger partial charge in [-0.05, 0) is 49.8 Å². The van der Waals surface area contributed by atoms with Gasteiger partial charge in [-0.15, -0.1) is 0 Å². The average molecular weight is 358 g/mol. The molecule has 3 rings (SSSR count). The predicted octanol–water partition coefficient (Wildman–Crippen LogP) is 5.00. The topological polar surface area (TPSA) is 20.3 Å². The normalized spacial score (nSPS) is 18.1. The standard InChI is InChI=1S/C18H19ClF3NO/c19-16-5-1-12(11-15(16)18(20,21)22)2-6-17(24)23-9-7-14(8-10-23)13-3-4-13/h1,5,11H,2-4,6-10H2. The Bertz CT molecular complexity index is 665. The van der Waals surface area contributed by atoms with Gasteiger partial charge in [0.1, 0.15) is 0 Å². The van der Waals surface area contributed by atoms with E-state index in [1.54, 1.807) is 11.6 Å². The summed E-state index contributed by atoms with van der Waals surface area (Å²) in [6, 6.07) is 3.84. The van der Waals surface area contributed by atoms with E-state index in [1.807, 2.05) is 4.90 Å². The summed E-state index contributed by atoms with van der Waals surface area (Å²) in [5.74, 6) is 0.0124. The minimum absolute atomic E-state index is 0.0124. The zero-order valence-electron chi connectivity index (χ0n) is 13.3. The quantitative estimate of drug-likeness (QED) is 0.697. The zero-order chi connectivity index (χ0) is 17.3. The lowest BCUT2D eigenvalue weighted by Crippen LogP contribution is -2.36. The second-order valence-electron chi connectivity index (χ2n) is 6.40. The minimum atomic E-state index is -4.48. The molecule has 0 N–H and O–H groups in total. The number of hydrogen-bond donors (Lipinski definition) is 0. The molecule has 1 heterocycles. The van der Waals surface area contributed by atoms with E-state index in [-0.39, 0.29) is 17.4 Å². The lowest BCUT2D eigenvalue weighted by molar-refractivity contribution is -0.137. The molecule has 1 aliphatic heterocycles. The van der Waals surface area contributed by atoms with Crippen molar-refractivity contribution in [1.82, 2.24) is 4.90 Å². The molecular formula is C18H19ClF3NO. The summed E-state index contributed by atoms with van der Waals surface area (Å²) < 4.78 is 38.6. The molecular weight excluding hydrogens is 339 g/mol. The minimum Gasteiger partial charge on any atom is -0.342 e. The van der Waals surface area contributed by atoms with E-state index >= 15 is 0 Å². The fraction of sp³-hybridized carbons (Fsp3) is 0.500. The Kier molecular flexibility index (Phi) is 4.90. The number of hydrogen-bond acceptors (Lipinski definition) is 1. The number of carbonyl (C=O) groups is 1. The molecule has 2 aliphatic rings. The number of rotatable bonds is 3. The molecule has 0 aromatic heterocycles. The Balaban J connectivity index is 1.56. The number of alkyl halides is 3. The van der Waals surface area contributed by atoms with Crippen molar-refractivity contribution < 1.29 is 18.0 Å². The smallest absolute Gasteiger partial charge is 0.342 e. The fourth-order valence-electron chi connectivity index (χ4n) is 3.15. The Labute approximate surface area is 144 Å². The summed E-state index contributed by atoms with van der Waals surface area (Å²) in [5.41, 5.74) is 2.71. The second kappa shape index (κ2) is 6.79. The number of allylic oxidation sites excluding steroid dienone is 1. The molecule has 0 atom stereocenters. The Morgan fingerprint density at radius 3 is 2.29 bits per heavy atom. The Morgan fingerprint density at radius 2 is 1.71 bits per heavy atom. The third kappa shape index (κ3) is 4.12. The summed E-state index contributed by atoms with van der Waals surface area (Å²) >= 11 is 5.61. The first-order valence-corrected chi connectivity index (χ1v) is 8.55. The van der Waals surface area contributed by atoms with Crippen LogP contribution >= 0.6 is 11.6 Å². The first-order chi connectivity index (χ1) is 11.3. The van der Waals surface area contributed by atoms with Gasteiger partial charge in [0.25, 0.3) is 0 Å². The maximum absolute atomic E-state index is 12.9. The number of benzene rings is 1. The van der Waals surface area contributed by atoms with Gasteiger partial charge in [-0.25, -0.2) is 0 Å². The SMILES string of the molecule is O=C(CCc1ccc(Cl)c(C(F)(F)F)c1)N1CCC(=C2CC2)CC1. The molecule has 1 aromatic rings. The van der Waals surface area contributed by atoms with Gasteiger partial charge in [0.05, 0.1) is 10.6 Å². The molecule has 130 valence electrons. The van der Waals surface area contributed by atoms with Crippen LogP contribution in [0.5, 0.6) is 0 Å². The number of likely N-dealkylation sites (tertiary alicyclic amines) is 1. The van der Waals surface area contributed by atoms with Crippen LogP contribution in [-0.4, -0.2) is 23.9 Å². The van der Waals surface area contributed by atoms with Crippen LogP contribution in [0.2, 0.25) is 5.02 Å². The lowest BCUT2D eigenvalue weighted by atomic mass is 10.0. The van der Waals surface area contributed by atoms with Crippen LogP contribution < -0.4 is 0 Å². The van der Waals surface area contributed by atoms with Crippen molar-refractivity contribution in [1.29, 1.82) is 0 Å². The lowest BCUT2D eigenvalue weighted by Gasteiger charge is -2.28. The highest BCUT2D eigenvalue weighted by Crippen LogP contribution is 2.36. The van der Waals surface area contributed by atoms with Crippen LogP contribution in [0.4, 0.5) is 13.2 Å². The summed E-state index contributed by atoms with van der Waals surface area (Å²) in [6.45, 7) is 1.46. The molecule has 0 radical (unpaired) electrons. The maximum Gasteiger partial charge on any atom is 0.417 e. The third-order valence-electron chi connectivity index (χ3n) is 4.68. The summed E-state index contributed by atoms with van der Waals surface area (Å²) in [4.78, 5) is 14.1. The number of aryl methyl sites for hydroxylation is 1. The molecule has 24 heavy (non-hydrogen) atoms. The predicted molar refractivity (Wildman–Crippen MR) is 86.8 cm³/mol. The Hall–Kier alpha value is -1.49. The van der Waals surface area contributed by atoms with Gasteiger partial charge < -0.3 is 4.90 Å². The number of amides is 1. The van der Waals surface area contributed by atoms with E-state index in [0.29, 0.717) is 12.0 Å². The molecule has 1 aliphatic carbocycles. The van der Waals surface area contributed by atoms with Crippen LogP contribution in [0.15, 0.2) is 29.3 Å². The van der Waals surface area contributed by atoms with Gasteiger partial charge in [0, 0.05) is 19.5 Å². The van der Waals surface area contributed by atoms with E-state index in [9.17, 15) is 18.0 Å². The van der Waals surface area contributed by atoms with Gasteiger partial charge in [-0.3, -0.25) is 4.79 Å². The monoisotopic (exact) mass is 357 g/mol. The largest absolute Gasteiger partial charge is 0.417 e. The van der Waals surface area contributed by atoms with Crippen LogP contribution in [0.3, 0.4) is 0 Å². The molecule has 6 heteroatoms. The molecule has 0 bridgehead atoms. The van der Waals surface area contributed by atoms with Crippen molar-refractivity contribution >= 4 is 17.5 Å². The molecule has 1 amide bonds. The van der Waals surface area contributed by atoms with Gasteiger partial charge in [-0.2, -0.15) is 13.2 Å². The van der Waals surface area contributed by atoms with Crippen molar-refractivity contribution in [2.75, 3.05) is 13.1 Å². The molecule has 2 fully saturated rings. The first kappa shape index (κ1) is 17.3. The maximum atomic E-state index is 12.9. The Morgan fingerprint density at radius 1 is 1.08 bits per heavy atom. The van der Waals surface area contributed by atoms with Gasteiger partial charge in [0.15, 0.2) is 0 Å². The molecule has 1 saturated heterocycles. The number of piperidine rings is 1. The van der Waals surface area contributed by atoms with E-state index in [0.717, 1.165) is 32.0 Å². The van der Waals surface area contributed by atoms with Crippen molar-refractivity contribution in [2.45, 2.75) is 44.7 Å². The van der Waals surface area contributed by atoms with Crippen LogP contribution in [0.1, 0.15) is 43.2 Å². The number of carbonyl (C=O) groups excluding carboxylic acids is 1. The fourth-order valence-corrected chi connectivity index (χ4v) is 3.37. The molecule has 1 saturated carbocycles. The second-order valence-corrected chi connectivity index (χ2v) is 6.81. The number of halogens is 4. The molecule has 0 unspecified atom stereocenters.